The van der Waals surface area contributed by atoms with Gasteiger partial charge in [-0.3, -0.25) is 0 Å². The first-order valence-electron chi connectivity index (χ1n) is 7.13. The molecule has 2 unspecified atom stereocenters. The number of ether oxygens (including phenoxy) is 2. The molecule has 0 aliphatic rings. The molecular formula is C17H27BrO2. The van der Waals surface area contributed by atoms with Crippen molar-refractivity contribution in [1.82, 2.24) is 0 Å². The van der Waals surface area contributed by atoms with Gasteiger partial charge in [-0.2, -0.15) is 0 Å². The van der Waals surface area contributed by atoms with Gasteiger partial charge in [-0.25, -0.2) is 0 Å². The van der Waals surface area contributed by atoms with Gasteiger partial charge < -0.3 is 9.47 Å². The zero-order chi connectivity index (χ0) is 15.3. The second kappa shape index (κ2) is 7.35. The first kappa shape index (κ1) is 17.4. The van der Waals surface area contributed by atoms with E-state index in [4.69, 9.17) is 9.47 Å². The van der Waals surface area contributed by atoms with Crippen LogP contribution in [-0.4, -0.2) is 14.2 Å². The Bertz CT molecular complexity index is 423. The topological polar surface area (TPSA) is 18.5 Å². The standard InChI is InChI=1S/C17H27BrO2/c1-12(11-17(2,3)4)9-15(18)14-10-13(19-5)7-8-16(14)20-6/h7-8,10,12,15H,9,11H2,1-6H3. The van der Waals surface area contributed by atoms with Crippen LogP contribution >= 0.6 is 15.9 Å². The summed E-state index contributed by atoms with van der Waals surface area (Å²) in [7, 11) is 3.40. The van der Waals surface area contributed by atoms with Crippen LogP contribution in [0.3, 0.4) is 0 Å². The first-order chi connectivity index (χ1) is 9.26. The minimum absolute atomic E-state index is 0.282. The molecule has 0 saturated carbocycles. The molecule has 1 aromatic rings. The molecule has 1 rings (SSSR count). The van der Waals surface area contributed by atoms with Crippen molar-refractivity contribution in [2.45, 2.75) is 45.4 Å². The first-order valence-corrected chi connectivity index (χ1v) is 8.04. The van der Waals surface area contributed by atoms with E-state index in [1.807, 2.05) is 12.1 Å². The van der Waals surface area contributed by atoms with Crippen LogP contribution in [0.25, 0.3) is 0 Å². The number of hydrogen-bond donors (Lipinski definition) is 0. The summed E-state index contributed by atoms with van der Waals surface area (Å²) in [4.78, 5) is 0.282. The fourth-order valence-electron chi connectivity index (χ4n) is 2.69. The minimum Gasteiger partial charge on any atom is -0.497 e. The molecule has 20 heavy (non-hydrogen) atoms. The lowest BCUT2D eigenvalue weighted by molar-refractivity contribution is 0.295. The van der Waals surface area contributed by atoms with E-state index in [-0.39, 0.29) is 4.83 Å². The van der Waals surface area contributed by atoms with Gasteiger partial charge in [-0.1, -0.05) is 43.6 Å². The molecule has 0 amide bonds. The van der Waals surface area contributed by atoms with Crippen molar-refractivity contribution in [2.75, 3.05) is 14.2 Å². The Balaban J connectivity index is 2.82. The molecule has 0 spiro atoms. The van der Waals surface area contributed by atoms with E-state index < -0.39 is 0 Å². The second-order valence-electron chi connectivity index (χ2n) is 6.68. The van der Waals surface area contributed by atoms with E-state index in [1.54, 1.807) is 14.2 Å². The van der Waals surface area contributed by atoms with Crippen LogP contribution in [0.5, 0.6) is 11.5 Å². The van der Waals surface area contributed by atoms with Crippen molar-refractivity contribution >= 4 is 15.9 Å². The van der Waals surface area contributed by atoms with Crippen LogP contribution < -0.4 is 9.47 Å². The quantitative estimate of drug-likeness (QED) is 0.626. The normalized spacial score (nSPS) is 14.8. The molecule has 0 N–H and O–H groups in total. The number of benzene rings is 1. The molecular weight excluding hydrogens is 316 g/mol. The number of methoxy groups -OCH3 is 2. The van der Waals surface area contributed by atoms with Crippen molar-refractivity contribution in [3.05, 3.63) is 23.8 Å². The van der Waals surface area contributed by atoms with E-state index in [2.05, 4.69) is 49.7 Å². The fraction of sp³-hybridized carbons (Fsp3) is 0.647. The average molecular weight is 343 g/mol. The monoisotopic (exact) mass is 342 g/mol. The average Bonchev–Trinajstić information content (AvgIpc) is 2.35. The van der Waals surface area contributed by atoms with Crippen molar-refractivity contribution in [3.63, 3.8) is 0 Å². The third kappa shape index (κ3) is 5.35. The van der Waals surface area contributed by atoms with E-state index in [9.17, 15) is 0 Å². The highest BCUT2D eigenvalue weighted by molar-refractivity contribution is 9.09. The molecule has 3 heteroatoms. The van der Waals surface area contributed by atoms with Gasteiger partial charge in [-0.15, -0.1) is 0 Å². The van der Waals surface area contributed by atoms with Crippen LogP contribution in [0.1, 0.15) is 50.9 Å². The molecule has 0 aromatic heterocycles. The van der Waals surface area contributed by atoms with Gasteiger partial charge in [0.1, 0.15) is 11.5 Å². The Morgan fingerprint density at radius 3 is 2.30 bits per heavy atom. The Hall–Kier alpha value is -0.700. The Kier molecular flexibility index (Phi) is 6.38. The smallest absolute Gasteiger partial charge is 0.123 e. The summed E-state index contributed by atoms with van der Waals surface area (Å²) in [5.74, 6) is 2.43. The van der Waals surface area contributed by atoms with Gasteiger partial charge in [0.05, 0.1) is 14.2 Å². The van der Waals surface area contributed by atoms with Crippen LogP contribution in [-0.2, 0) is 0 Å². The van der Waals surface area contributed by atoms with Crippen LogP contribution in [0.4, 0.5) is 0 Å². The molecule has 0 bridgehead atoms. The third-order valence-electron chi connectivity index (χ3n) is 3.34. The van der Waals surface area contributed by atoms with E-state index in [1.165, 1.54) is 6.42 Å². The van der Waals surface area contributed by atoms with Gasteiger partial charge in [0.2, 0.25) is 0 Å². The van der Waals surface area contributed by atoms with Gasteiger partial charge in [0.25, 0.3) is 0 Å². The van der Waals surface area contributed by atoms with Crippen LogP contribution in [0, 0.1) is 11.3 Å². The third-order valence-corrected chi connectivity index (χ3v) is 4.21. The molecule has 2 nitrogen and oxygen atoms in total. The summed E-state index contributed by atoms with van der Waals surface area (Å²) in [6.07, 6.45) is 2.29. The van der Waals surface area contributed by atoms with E-state index in [0.29, 0.717) is 11.3 Å². The zero-order valence-corrected chi connectivity index (χ0v) is 15.1. The predicted octanol–water partition coefficient (Wildman–Crippen LogP) is 5.60. The Morgan fingerprint density at radius 1 is 1.15 bits per heavy atom. The number of hydrogen-bond acceptors (Lipinski definition) is 2. The molecule has 114 valence electrons. The molecule has 0 fully saturated rings. The maximum absolute atomic E-state index is 5.46. The lowest BCUT2D eigenvalue weighted by atomic mass is 9.83. The maximum Gasteiger partial charge on any atom is 0.123 e. The molecule has 0 saturated heterocycles. The molecule has 0 heterocycles. The molecule has 0 radical (unpaired) electrons. The van der Waals surface area contributed by atoms with Gasteiger partial charge in [-0.05, 0) is 42.4 Å². The van der Waals surface area contributed by atoms with Crippen molar-refractivity contribution in [1.29, 1.82) is 0 Å². The lowest BCUT2D eigenvalue weighted by Crippen LogP contribution is -2.12. The molecule has 0 aliphatic carbocycles. The summed E-state index contributed by atoms with van der Waals surface area (Å²) in [5, 5.41) is 0. The zero-order valence-electron chi connectivity index (χ0n) is 13.5. The number of halogens is 1. The highest BCUT2D eigenvalue weighted by Gasteiger charge is 2.21. The number of alkyl halides is 1. The molecule has 0 aliphatic heterocycles. The number of rotatable bonds is 6. The Labute approximate surface area is 132 Å². The second-order valence-corrected chi connectivity index (χ2v) is 7.79. The highest BCUT2D eigenvalue weighted by Crippen LogP contribution is 2.40. The van der Waals surface area contributed by atoms with Crippen LogP contribution in [0.15, 0.2) is 18.2 Å². The minimum atomic E-state index is 0.282. The highest BCUT2D eigenvalue weighted by atomic mass is 79.9. The summed E-state index contributed by atoms with van der Waals surface area (Å²) >= 11 is 3.81. The van der Waals surface area contributed by atoms with Gasteiger partial charge >= 0.3 is 0 Å². The van der Waals surface area contributed by atoms with Gasteiger partial charge in [0.15, 0.2) is 0 Å². The van der Waals surface area contributed by atoms with Crippen molar-refractivity contribution < 1.29 is 9.47 Å². The molecule has 1 aromatic carbocycles. The molecule has 2 atom stereocenters. The SMILES string of the molecule is COc1ccc(OC)c(C(Br)CC(C)CC(C)(C)C)c1. The van der Waals surface area contributed by atoms with Crippen LogP contribution in [0.2, 0.25) is 0 Å². The summed E-state index contributed by atoms with van der Waals surface area (Å²) < 4.78 is 10.8. The maximum atomic E-state index is 5.46. The largest absolute Gasteiger partial charge is 0.497 e. The lowest BCUT2D eigenvalue weighted by Gasteiger charge is -2.25. The van der Waals surface area contributed by atoms with Crippen molar-refractivity contribution in [3.8, 4) is 11.5 Å². The summed E-state index contributed by atoms with van der Waals surface area (Å²) in [6.45, 7) is 9.18. The van der Waals surface area contributed by atoms with Gasteiger partial charge in [0, 0.05) is 10.4 Å². The van der Waals surface area contributed by atoms with E-state index in [0.717, 1.165) is 23.5 Å². The fourth-order valence-corrected chi connectivity index (χ4v) is 3.69. The summed E-state index contributed by atoms with van der Waals surface area (Å²) in [6, 6.07) is 5.96. The summed E-state index contributed by atoms with van der Waals surface area (Å²) in [5.41, 5.74) is 1.53. The van der Waals surface area contributed by atoms with Crippen molar-refractivity contribution in [2.24, 2.45) is 11.3 Å². The van der Waals surface area contributed by atoms with E-state index >= 15 is 0 Å². The predicted molar refractivity (Wildman–Crippen MR) is 89.1 cm³/mol. The Morgan fingerprint density at radius 2 is 1.80 bits per heavy atom.